The van der Waals surface area contributed by atoms with E-state index in [1.807, 2.05) is 0 Å². The molecular weight excluding hydrogens is 284 g/mol. The summed E-state index contributed by atoms with van der Waals surface area (Å²) in [6.45, 7) is -0.548. The summed E-state index contributed by atoms with van der Waals surface area (Å²) in [5.41, 5.74) is 5.31. The number of unbranched alkanes of at least 4 members (excludes halogenated alkanes) is 1. The molecule has 21 heavy (non-hydrogen) atoms. The Morgan fingerprint density at radius 2 is 1.76 bits per heavy atom. The van der Waals surface area contributed by atoms with E-state index in [0.717, 1.165) is 0 Å². The third kappa shape index (κ3) is 8.05. The van der Waals surface area contributed by atoms with Gasteiger partial charge in [-0.05, 0) is 19.4 Å². The number of carbonyl (C=O) groups is 2. The van der Waals surface area contributed by atoms with E-state index >= 15 is 0 Å². The maximum absolute atomic E-state index is 11.5. The van der Waals surface area contributed by atoms with Crippen molar-refractivity contribution in [2.45, 2.75) is 43.6 Å². The van der Waals surface area contributed by atoms with Gasteiger partial charge < -0.3 is 36.6 Å². The highest BCUT2D eigenvalue weighted by molar-refractivity contribution is 5.85. The molecule has 0 spiro atoms. The molecule has 0 heterocycles. The molecule has 0 fully saturated rings. The third-order valence-electron chi connectivity index (χ3n) is 2.97. The molecule has 0 saturated heterocycles. The minimum absolute atomic E-state index is 0.207. The zero-order valence-electron chi connectivity index (χ0n) is 11.7. The fraction of sp³-hybridized carbons (Fsp3) is 0.833. The van der Waals surface area contributed by atoms with Crippen LogP contribution < -0.4 is 11.1 Å². The number of nitrogens with two attached hydrogens (primary N) is 1. The average Bonchev–Trinajstić information content (AvgIpc) is 2.47. The summed E-state index contributed by atoms with van der Waals surface area (Å²) in [5, 5.41) is 47.7. The zero-order chi connectivity index (χ0) is 16.4. The van der Waals surface area contributed by atoms with Crippen molar-refractivity contribution >= 4 is 11.8 Å². The molecule has 0 aliphatic rings. The van der Waals surface area contributed by atoms with Crippen LogP contribution in [0.5, 0.6) is 0 Å². The number of carboxylic acid groups (broad SMARTS) is 1. The SMILES string of the molecule is N[C@H](CCCCNCC(=O)[C@@H](O)[C@H](O)[C@H](O)CO)C(=O)O. The van der Waals surface area contributed by atoms with Gasteiger partial charge in [-0.25, -0.2) is 0 Å². The number of nitrogens with one attached hydrogen (secondary N) is 1. The second kappa shape index (κ2) is 10.6. The number of rotatable bonds is 12. The summed E-state index contributed by atoms with van der Waals surface area (Å²) in [7, 11) is 0. The first-order valence-electron chi connectivity index (χ1n) is 6.68. The molecule has 0 saturated carbocycles. The Morgan fingerprint density at radius 1 is 1.14 bits per heavy atom. The van der Waals surface area contributed by atoms with E-state index in [4.69, 9.17) is 21.1 Å². The number of carbonyl (C=O) groups excluding carboxylic acids is 1. The fourth-order valence-electron chi connectivity index (χ4n) is 1.56. The summed E-state index contributed by atoms with van der Waals surface area (Å²) in [5.74, 6) is -1.77. The minimum Gasteiger partial charge on any atom is -0.480 e. The van der Waals surface area contributed by atoms with E-state index in [2.05, 4.69) is 5.32 Å². The highest BCUT2D eigenvalue weighted by Gasteiger charge is 2.29. The Hall–Kier alpha value is -1.10. The van der Waals surface area contributed by atoms with Crippen molar-refractivity contribution in [1.82, 2.24) is 5.32 Å². The van der Waals surface area contributed by atoms with Crippen LogP contribution in [0.25, 0.3) is 0 Å². The molecular formula is C12H24N2O7. The van der Waals surface area contributed by atoms with E-state index in [1.165, 1.54) is 0 Å². The van der Waals surface area contributed by atoms with Gasteiger partial charge in [0.25, 0.3) is 0 Å². The largest absolute Gasteiger partial charge is 0.480 e. The van der Waals surface area contributed by atoms with Crippen LogP contribution in [0.15, 0.2) is 0 Å². The molecule has 0 aromatic carbocycles. The number of ketones is 1. The first-order chi connectivity index (χ1) is 9.81. The maximum atomic E-state index is 11.5. The minimum atomic E-state index is -1.78. The molecule has 0 radical (unpaired) electrons. The monoisotopic (exact) mass is 308 g/mol. The molecule has 0 amide bonds. The molecule has 8 N–H and O–H groups in total. The standard InChI is InChI=1S/C12H24N2O7/c13-7(12(20)21)3-1-2-4-14-5-8(16)10(18)11(19)9(17)6-15/h7,9-11,14-15,17-19H,1-6,13H2,(H,20,21)/t7-,9-,10-,11-/m1/s1. The number of hydrogen-bond donors (Lipinski definition) is 7. The lowest BCUT2D eigenvalue weighted by molar-refractivity contribution is -0.139. The third-order valence-corrected chi connectivity index (χ3v) is 2.97. The van der Waals surface area contributed by atoms with Gasteiger partial charge in [-0.15, -0.1) is 0 Å². The Balaban J connectivity index is 3.77. The molecule has 0 aromatic rings. The summed E-state index contributed by atoms with van der Waals surface area (Å²) >= 11 is 0. The van der Waals surface area contributed by atoms with Gasteiger partial charge in [0.15, 0.2) is 5.78 Å². The van der Waals surface area contributed by atoms with E-state index in [9.17, 15) is 19.8 Å². The highest BCUT2D eigenvalue weighted by Crippen LogP contribution is 2.01. The predicted octanol–water partition coefficient (Wildman–Crippen LogP) is -3.20. The van der Waals surface area contributed by atoms with Crippen LogP contribution in [-0.2, 0) is 9.59 Å². The van der Waals surface area contributed by atoms with Crippen molar-refractivity contribution in [2.24, 2.45) is 5.73 Å². The summed E-state index contributed by atoms with van der Waals surface area (Å²) in [6, 6.07) is -0.899. The van der Waals surface area contributed by atoms with E-state index in [0.29, 0.717) is 25.8 Å². The van der Waals surface area contributed by atoms with Crippen LogP contribution in [-0.4, -0.2) is 81.3 Å². The maximum Gasteiger partial charge on any atom is 0.320 e. The Kier molecular flexibility index (Phi) is 10.0. The van der Waals surface area contributed by atoms with Crippen LogP contribution in [0.2, 0.25) is 0 Å². The molecule has 124 valence electrons. The van der Waals surface area contributed by atoms with Crippen molar-refractivity contribution in [3.05, 3.63) is 0 Å². The average molecular weight is 308 g/mol. The summed E-state index contributed by atoms with van der Waals surface area (Å²) in [6.07, 6.45) is -3.59. The van der Waals surface area contributed by atoms with Crippen molar-refractivity contribution in [3.8, 4) is 0 Å². The smallest absolute Gasteiger partial charge is 0.320 e. The summed E-state index contributed by atoms with van der Waals surface area (Å²) < 4.78 is 0. The number of aliphatic hydroxyl groups excluding tert-OH is 4. The topological polar surface area (TPSA) is 173 Å². The first kappa shape index (κ1) is 19.9. The lowest BCUT2D eigenvalue weighted by atomic mass is 10.0. The van der Waals surface area contributed by atoms with E-state index < -0.39 is 42.7 Å². The van der Waals surface area contributed by atoms with Crippen LogP contribution in [0.3, 0.4) is 0 Å². The van der Waals surface area contributed by atoms with Crippen molar-refractivity contribution in [2.75, 3.05) is 19.7 Å². The van der Waals surface area contributed by atoms with Crippen molar-refractivity contribution < 1.29 is 35.1 Å². The van der Waals surface area contributed by atoms with Crippen LogP contribution in [0, 0.1) is 0 Å². The van der Waals surface area contributed by atoms with Gasteiger partial charge in [0.2, 0.25) is 0 Å². The quantitative estimate of drug-likeness (QED) is 0.183. The molecule has 0 aliphatic carbocycles. The summed E-state index contributed by atoms with van der Waals surface area (Å²) in [4.78, 5) is 21.9. The second-order valence-corrected chi connectivity index (χ2v) is 4.77. The van der Waals surface area contributed by atoms with Gasteiger partial charge in [-0.1, -0.05) is 6.42 Å². The van der Waals surface area contributed by atoms with Crippen molar-refractivity contribution in [1.29, 1.82) is 0 Å². The van der Waals surface area contributed by atoms with Gasteiger partial charge in [-0.2, -0.15) is 0 Å². The van der Waals surface area contributed by atoms with Crippen LogP contribution in [0.4, 0.5) is 0 Å². The molecule has 0 aromatic heterocycles. The van der Waals surface area contributed by atoms with Crippen LogP contribution in [0.1, 0.15) is 19.3 Å². The van der Waals surface area contributed by atoms with Gasteiger partial charge in [0.1, 0.15) is 24.4 Å². The predicted molar refractivity (Wildman–Crippen MR) is 72.4 cm³/mol. The number of aliphatic hydroxyl groups is 4. The molecule has 9 nitrogen and oxygen atoms in total. The second-order valence-electron chi connectivity index (χ2n) is 4.77. The molecule has 0 bridgehead atoms. The van der Waals surface area contributed by atoms with Gasteiger partial charge in [0.05, 0.1) is 13.2 Å². The Labute approximate surface area is 122 Å². The van der Waals surface area contributed by atoms with Crippen molar-refractivity contribution in [3.63, 3.8) is 0 Å². The Morgan fingerprint density at radius 3 is 2.29 bits per heavy atom. The van der Waals surface area contributed by atoms with E-state index in [1.54, 1.807) is 0 Å². The normalized spacial score (nSPS) is 17.0. The molecule has 9 heteroatoms. The lowest BCUT2D eigenvalue weighted by Gasteiger charge is -2.20. The van der Waals surface area contributed by atoms with Gasteiger partial charge in [0, 0.05) is 0 Å². The molecule has 0 aliphatic heterocycles. The number of carboxylic acids is 1. The van der Waals surface area contributed by atoms with Crippen LogP contribution >= 0.6 is 0 Å². The lowest BCUT2D eigenvalue weighted by Crippen LogP contribution is -2.46. The number of aliphatic carboxylic acids is 1. The Bertz CT molecular complexity index is 327. The van der Waals surface area contributed by atoms with Gasteiger partial charge >= 0.3 is 5.97 Å². The highest BCUT2D eigenvalue weighted by atomic mass is 16.4. The first-order valence-corrected chi connectivity index (χ1v) is 6.68. The molecule has 4 atom stereocenters. The molecule has 0 rings (SSSR count). The fourth-order valence-corrected chi connectivity index (χ4v) is 1.56. The zero-order valence-corrected chi connectivity index (χ0v) is 11.7. The van der Waals surface area contributed by atoms with E-state index in [-0.39, 0.29) is 6.54 Å². The number of Topliss-reactive ketones (excluding diaryl/α,β-unsaturated/α-hetero) is 1. The number of hydrogen-bond acceptors (Lipinski definition) is 8. The molecule has 0 unspecified atom stereocenters. The van der Waals surface area contributed by atoms with Gasteiger partial charge in [-0.3, -0.25) is 9.59 Å².